The topological polar surface area (TPSA) is 83.6 Å². The number of aryl methyl sites for hydroxylation is 2. The van der Waals surface area contributed by atoms with Crippen molar-refractivity contribution >= 4 is 31.4 Å². The molecule has 1 aliphatic heterocycles. The predicted octanol–water partition coefficient (Wildman–Crippen LogP) is 2.90. The molecule has 1 N–H and O–H groups in total. The van der Waals surface area contributed by atoms with E-state index in [9.17, 15) is 16.8 Å². The Morgan fingerprint density at radius 1 is 1.04 bits per heavy atom. The van der Waals surface area contributed by atoms with Gasteiger partial charge in [0.1, 0.15) is 0 Å². The highest BCUT2D eigenvalue weighted by Crippen LogP contribution is 2.34. The van der Waals surface area contributed by atoms with E-state index in [0.29, 0.717) is 30.8 Å². The third-order valence-corrected chi connectivity index (χ3v) is 7.55. The largest absolute Gasteiger partial charge is 0.284 e. The normalized spacial score (nSPS) is 14.8. The molecule has 2 aromatic rings. The minimum Gasteiger partial charge on any atom is -0.284 e. The lowest BCUT2D eigenvalue weighted by Crippen LogP contribution is -2.35. The molecule has 0 amide bonds. The summed E-state index contributed by atoms with van der Waals surface area (Å²) in [6.45, 7) is 3.88. The Hall–Kier alpha value is -2.06. The van der Waals surface area contributed by atoms with Crippen LogP contribution in [-0.4, -0.2) is 29.1 Å². The van der Waals surface area contributed by atoms with Gasteiger partial charge in [-0.1, -0.05) is 17.7 Å². The quantitative estimate of drug-likeness (QED) is 0.845. The maximum absolute atomic E-state index is 13.0. The molecule has 3 rings (SSSR count). The summed E-state index contributed by atoms with van der Waals surface area (Å²) in [7, 11) is -7.02. The van der Waals surface area contributed by atoms with Crippen molar-refractivity contribution in [2.24, 2.45) is 0 Å². The second-order valence-corrected chi connectivity index (χ2v) is 10.2. The van der Waals surface area contributed by atoms with Crippen LogP contribution in [0.25, 0.3) is 0 Å². The lowest BCUT2D eigenvalue weighted by atomic mass is 10.0. The van der Waals surface area contributed by atoms with Gasteiger partial charge >= 0.3 is 0 Å². The number of hydrogen-bond donors (Lipinski definition) is 1. The molecule has 8 heteroatoms. The molecule has 2 aromatic carbocycles. The Labute approximate surface area is 155 Å². The van der Waals surface area contributed by atoms with E-state index in [1.165, 1.54) is 4.31 Å². The molecule has 140 valence electrons. The molecule has 0 saturated heterocycles. The van der Waals surface area contributed by atoms with Crippen molar-refractivity contribution in [2.45, 2.75) is 31.6 Å². The van der Waals surface area contributed by atoms with Gasteiger partial charge in [0.15, 0.2) is 0 Å². The highest BCUT2D eigenvalue weighted by atomic mass is 32.2. The van der Waals surface area contributed by atoms with Crippen molar-refractivity contribution in [1.29, 1.82) is 0 Å². The van der Waals surface area contributed by atoms with Crippen LogP contribution in [0.3, 0.4) is 0 Å². The van der Waals surface area contributed by atoms with Crippen LogP contribution in [0.5, 0.6) is 0 Å². The van der Waals surface area contributed by atoms with Gasteiger partial charge in [0, 0.05) is 12.2 Å². The zero-order valence-corrected chi connectivity index (χ0v) is 16.4. The van der Waals surface area contributed by atoms with Crippen LogP contribution in [-0.2, 0) is 26.5 Å². The van der Waals surface area contributed by atoms with Crippen molar-refractivity contribution in [1.82, 2.24) is 0 Å². The second-order valence-electron chi connectivity index (χ2n) is 6.34. The van der Waals surface area contributed by atoms with Gasteiger partial charge in [-0.25, -0.2) is 16.8 Å². The van der Waals surface area contributed by atoms with Crippen molar-refractivity contribution < 1.29 is 16.8 Å². The van der Waals surface area contributed by atoms with Gasteiger partial charge in [-0.3, -0.25) is 9.03 Å². The summed E-state index contributed by atoms with van der Waals surface area (Å²) in [5.41, 5.74) is 2.88. The average molecular weight is 395 g/mol. The molecule has 0 aliphatic carbocycles. The molecule has 1 heterocycles. The Kier molecular flexibility index (Phi) is 4.98. The summed E-state index contributed by atoms with van der Waals surface area (Å²) in [6, 6.07) is 11.8. The van der Waals surface area contributed by atoms with Crippen LogP contribution in [0.2, 0.25) is 0 Å². The fraction of sp³-hybridized carbons (Fsp3) is 0.333. The van der Waals surface area contributed by atoms with Crippen LogP contribution < -0.4 is 9.03 Å². The van der Waals surface area contributed by atoms with Gasteiger partial charge in [-0.05, 0) is 62.6 Å². The monoisotopic (exact) mass is 394 g/mol. The maximum atomic E-state index is 13.0. The van der Waals surface area contributed by atoms with Crippen LogP contribution in [0, 0.1) is 6.92 Å². The third-order valence-electron chi connectivity index (χ3n) is 4.42. The summed E-state index contributed by atoms with van der Waals surface area (Å²) < 4.78 is 53.5. The van der Waals surface area contributed by atoms with E-state index in [1.54, 1.807) is 49.4 Å². The van der Waals surface area contributed by atoms with E-state index in [4.69, 9.17) is 0 Å². The third kappa shape index (κ3) is 3.71. The molecular weight excluding hydrogens is 372 g/mol. The number of fused-ring (bicyclic) bond motifs is 1. The first-order valence-corrected chi connectivity index (χ1v) is 11.5. The second kappa shape index (κ2) is 6.92. The summed E-state index contributed by atoms with van der Waals surface area (Å²) in [5.74, 6) is -0.0159. The fourth-order valence-corrected chi connectivity index (χ4v) is 5.14. The summed E-state index contributed by atoms with van der Waals surface area (Å²) in [6.07, 6.45) is 1.39. The predicted molar refractivity (Wildman–Crippen MR) is 104 cm³/mol. The highest BCUT2D eigenvalue weighted by Gasteiger charge is 2.29. The Balaban J connectivity index is 1.97. The minimum atomic E-state index is -3.65. The number of nitrogens with one attached hydrogen (secondary N) is 1. The van der Waals surface area contributed by atoms with E-state index in [0.717, 1.165) is 11.1 Å². The average Bonchev–Trinajstić information content (AvgIpc) is 2.61. The van der Waals surface area contributed by atoms with Crippen molar-refractivity contribution in [3.8, 4) is 0 Å². The van der Waals surface area contributed by atoms with Crippen LogP contribution >= 0.6 is 0 Å². The van der Waals surface area contributed by atoms with Crippen LogP contribution in [0.4, 0.5) is 11.4 Å². The summed E-state index contributed by atoms with van der Waals surface area (Å²) in [5, 5.41) is 0. The summed E-state index contributed by atoms with van der Waals surface area (Å²) >= 11 is 0. The molecule has 0 aromatic heterocycles. The lowest BCUT2D eigenvalue weighted by Gasteiger charge is -2.31. The molecule has 0 fully saturated rings. The van der Waals surface area contributed by atoms with E-state index in [2.05, 4.69) is 4.72 Å². The van der Waals surface area contributed by atoms with Crippen molar-refractivity contribution in [3.05, 3.63) is 53.6 Å². The number of anilines is 2. The molecule has 0 bridgehead atoms. The van der Waals surface area contributed by atoms with Gasteiger partial charge in [0.05, 0.1) is 16.3 Å². The minimum absolute atomic E-state index is 0.0159. The van der Waals surface area contributed by atoms with Crippen molar-refractivity contribution in [3.63, 3.8) is 0 Å². The molecule has 0 radical (unpaired) electrons. The fourth-order valence-electron chi connectivity index (χ4n) is 2.96. The van der Waals surface area contributed by atoms with Gasteiger partial charge in [-0.15, -0.1) is 0 Å². The number of nitrogens with zero attached hydrogens (tertiary/aromatic N) is 1. The molecule has 0 atom stereocenters. The Morgan fingerprint density at radius 2 is 1.73 bits per heavy atom. The van der Waals surface area contributed by atoms with Gasteiger partial charge in [0.25, 0.3) is 10.0 Å². The lowest BCUT2D eigenvalue weighted by molar-refractivity contribution is 0.586. The van der Waals surface area contributed by atoms with Gasteiger partial charge in [0.2, 0.25) is 10.0 Å². The molecular formula is C18H22N2O4S2. The molecule has 26 heavy (non-hydrogen) atoms. The SMILES string of the molecule is CCS(=O)(=O)Nc1ccc2c(c1)CCCN2S(=O)(=O)c1ccc(C)cc1. The zero-order chi connectivity index (χ0) is 18.9. The van der Waals surface area contributed by atoms with Crippen LogP contribution in [0.15, 0.2) is 47.4 Å². The van der Waals surface area contributed by atoms with Crippen molar-refractivity contribution in [2.75, 3.05) is 21.3 Å². The molecule has 6 nitrogen and oxygen atoms in total. The smallest absolute Gasteiger partial charge is 0.264 e. The van der Waals surface area contributed by atoms with E-state index in [1.807, 2.05) is 6.92 Å². The Morgan fingerprint density at radius 3 is 2.38 bits per heavy atom. The number of sulfonamides is 2. The first-order valence-electron chi connectivity index (χ1n) is 8.46. The number of hydrogen-bond acceptors (Lipinski definition) is 4. The first kappa shape index (κ1) is 18.7. The molecule has 1 aliphatic rings. The van der Waals surface area contributed by atoms with Gasteiger partial charge < -0.3 is 0 Å². The van der Waals surface area contributed by atoms with Crippen LogP contribution in [0.1, 0.15) is 24.5 Å². The van der Waals surface area contributed by atoms with E-state index < -0.39 is 20.0 Å². The maximum Gasteiger partial charge on any atom is 0.264 e. The Bertz CT molecular complexity index is 1010. The van der Waals surface area contributed by atoms with E-state index in [-0.39, 0.29) is 10.6 Å². The van der Waals surface area contributed by atoms with E-state index >= 15 is 0 Å². The van der Waals surface area contributed by atoms with Gasteiger partial charge in [-0.2, -0.15) is 0 Å². The zero-order valence-electron chi connectivity index (χ0n) is 14.8. The molecule has 0 saturated carbocycles. The number of rotatable bonds is 5. The highest BCUT2D eigenvalue weighted by molar-refractivity contribution is 7.93. The summed E-state index contributed by atoms with van der Waals surface area (Å²) in [4.78, 5) is 0.256. The molecule has 0 spiro atoms. The number of benzene rings is 2. The standard InChI is InChI=1S/C18H22N2O4S2/c1-3-25(21,22)19-16-8-11-18-15(13-16)5-4-12-20(18)26(23,24)17-9-6-14(2)7-10-17/h6-11,13,19H,3-5,12H2,1-2H3. The molecule has 0 unspecified atom stereocenters. The first-order chi connectivity index (χ1) is 12.2.